The summed E-state index contributed by atoms with van der Waals surface area (Å²) in [7, 11) is 1.66. The van der Waals surface area contributed by atoms with Gasteiger partial charge in [0.1, 0.15) is 5.75 Å². The lowest BCUT2D eigenvalue weighted by molar-refractivity contribution is 0.0646. The minimum atomic E-state index is -0.0431. The van der Waals surface area contributed by atoms with Crippen molar-refractivity contribution in [1.82, 2.24) is 4.90 Å². The molecule has 0 saturated carbocycles. The number of rotatable bonds is 3. The van der Waals surface area contributed by atoms with Crippen LogP contribution in [0.3, 0.4) is 0 Å². The van der Waals surface area contributed by atoms with Crippen LogP contribution in [0.15, 0.2) is 45.5 Å². The Kier molecular flexibility index (Phi) is 5.06. The average Bonchev–Trinajstić information content (AvgIpc) is 2.87. The molecule has 0 N–H and O–H groups in total. The Balaban J connectivity index is 1.88. The molecule has 1 fully saturated rings. The van der Waals surface area contributed by atoms with Gasteiger partial charge in [-0.3, -0.25) is 4.79 Å². The second-order valence-corrected chi connectivity index (χ2v) is 6.52. The average molecular weight is 378 g/mol. The molecule has 122 valence electrons. The first kappa shape index (κ1) is 16.1. The van der Waals surface area contributed by atoms with Crippen LogP contribution in [-0.2, 0) is 0 Å². The summed E-state index contributed by atoms with van der Waals surface area (Å²) >= 11 is 3.26. The number of amides is 1. The molecule has 0 radical (unpaired) electrons. The summed E-state index contributed by atoms with van der Waals surface area (Å²) in [6.45, 7) is 0.758. The van der Waals surface area contributed by atoms with Gasteiger partial charge in [-0.05, 0) is 58.6 Å². The van der Waals surface area contributed by atoms with Gasteiger partial charge in [0.05, 0.1) is 13.2 Å². The van der Waals surface area contributed by atoms with Gasteiger partial charge in [-0.25, -0.2) is 0 Å². The van der Waals surface area contributed by atoms with Crippen LogP contribution < -0.4 is 4.74 Å². The maximum atomic E-state index is 12.9. The molecule has 4 nitrogen and oxygen atoms in total. The van der Waals surface area contributed by atoms with Gasteiger partial charge in [-0.2, -0.15) is 0 Å². The first-order valence-electron chi connectivity index (χ1n) is 7.89. The van der Waals surface area contributed by atoms with Gasteiger partial charge in [0.25, 0.3) is 5.91 Å². The van der Waals surface area contributed by atoms with Crippen LogP contribution in [0.2, 0.25) is 0 Å². The molecule has 1 atom stereocenters. The number of likely N-dealkylation sites (tertiary alicyclic amines) is 1. The SMILES string of the molecule is COc1ccc(C2CCCCCN2C(=O)c2ccc(Br)o2)cc1. The smallest absolute Gasteiger partial charge is 0.290 e. The van der Waals surface area contributed by atoms with Crippen molar-refractivity contribution in [3.8, 4) is 5.75 Å². The van der Waals surface area contributed by atoms with E-state index in [0.717, 1.165) is 43.5 Å². The van der Waals surface area contributed by atoms with E-state index in [0.29, 0.717) is 10.4 Å². The predicted octanol–water partition coefficient (Wildman–Crippen LogP) is 4.81. The quantitative estimate of drug-likeness (QED) is 0.770. The third-order valence-corrected chi connectivity index (χ3v) is 4.72. The number of hydrogen-bond donors (Lipinski definition) is 0. The van der Waals surface area contributed by atoms with Crippen molar-refractivity contribution in [1.29, 1.82) is 0 Å². The second kappa shape index (κ2) is 7.21. The Morgan fingerprint density at radius 1 is 1.17 bits per heavy atom. The van der Waals surface area contributed by atoms with Crippen molar-refractivity contribution in [3.05, 3.63) is 52.4 Å². The topological polar surface area (TPSA) is 42.7 Å². The van der Waals surface area contributed by atoms with E-state index in [1.54, 1.807) is 19.2 Å². The highest BCUT2D eigenvalue weighted by atomic mass is 79.9. The molecule has 3 rings (SSSR count). The summed E-state index contributed by atoms with van der Waals surface area (Å²) < 4.78 is 11.3. The number of carbonyl (C=O) groups excluding carboxylic acids is 1. The molecule has 0 spiro atoms. The molecule has 1 aromatic heterocycles. The Labute approximate surface area is 144 Å². The van der Waals surface area contributed by atoms with Crippen molar-refractivity contribution >= 4 is 21.8 Å². The van der Waals surface area contributed by atoms with Gasteiger partial charge >= 0.3 is 0 Å². The van der Waals surface area contributed by atoms with E-state index < -0.39 is 0 Å². The summed E-state index contributed by atoms with van der Waals surface area (Å²) in [6.07, 6.45) is 4.28. The van der Waals surface area contributed by atoms with Crippen LogP contribution in [0.1, 0.15) is 47.8 Å². The number of hydrogen-bond acceptors (Lipinski definition) is 3. The van der Waals surface area contributed by atoms with Gasteiger partial charge < -0.3 is 14.1 Å². The Bertz CT molecular complexity index is 665. The molecule has 0 bridgehead atoms. The van der Waals surface area contributed by atoms with Crippen LogP contribution >= 0.6 is 15.9 Å². The number of halogens is 1. The van der Waals surface area contributed by atoms with Gasteiger partial charge in [0.2, 0.25) is 0 Å². The van der Waals surface area contributed by atoms with E-state index in [4.69, 9.17) is 9.15 Å². The van der Waals surface area contributed by atoms with Crippen LogP contribution in [0.25, 0.3) is 0 Å². The maximum absolute atomic E-state index is 12.9. The Morgan fingerprint density at radius 3 is 2.61 bits per heavy atom. The molecule has 1 amide bonds. The molecule has 23 heavy (non-hydrogen) atoms. The van der Waals surface area contributed by atoms with Crippen molar-refractivity contribution in [2.75, 3.05) is 13.7 Å². The van der Waals surface area contributed by atoms with E-state index >= 15 is 0 Å². The predicted molar refractivity (Wildman–Crippen MR) is 91.6 cm³/mol. The normalized spacial score (nSPS) is 18.5. The zero-order chi connectivity index (χ0) is 16.2. The van der Waals surface area contributed by atoms with Gasteiger partial charge in [0, 0.05) is 6.54 Å². The fourth-order valence-corrected chi connectivity index (χ4v) is 3.40. The van der Waals surface area contributed by atoms with E-state index in [2.05, 4.69) is 15.9 Å². The van der Waals surface area contributed by atoms with E-state index in [9.17, 15) is 4.79 Å². The number of ether oxygens (including phenoxy) is 1. The molecule has 2 aromatic rings. The third-order valence-electron chi connectivity index (χ3n) is 4.30. The molecule has 1 aromatic carbocycles. The largest absolute Gasteiger partial charge is 0.497 e. The lowest BCUT2D eigenvalue weighted by Gasteiger charge is -2.30. The molecule has 1 aliphatic rings. The Morgan fingerprint density at radius 2 is 1.96 bits per heavy atom. The first-order valence-corrected chi connectivity index (χ1v) is 8.68. The zero-order valence-electron chi connectivity index (χ0n) is 13.1. The van der Waals surface area contributed by atoms with Crippen molar-refractivity contribution in [2.45, 2.75) is 31.7 Å². The van der Waals surface area contributed by atoms with Crippen molar-refractivity contribution in [2.24, 2.45) is 0 Å². The molecule has 1 aliphatic heterocycles. The molecule has 5 heteroatoms. The molecule has 0 aliphatic carbocycles. The van der Waals surface area contributed by atoms with Gasteiger partial charge in [-0.15, -0.1) is 0 Å². The van der Waals surface area contributed by atoms with Crippen LogP contribution in [-0.4, -0.2) is 24.5 Å². The summed E-state index contributed by atoms with van der Waals surface area (Å²) in [5.41, 5.74) is 1.15. The number of nitrogens with zero attached hydrogens (tertiary/aromatic N) is 1. The molecule has 1 saturated heterocycles. The number of methoxy groups -OCH3 is 1. The number of furan rings is 1. The molecular formula is C18H20BrNO3. The fraction of sp³-hybridized carbons (Fsp3) is 0.389. The Hall–Kier alpha value is -1.75. The van der Waals surface area contributed by atoms with E-state index in [1.165, 1.54) is 0 Å². The summed E-state index contributed by atoms with van der Waals surface area (Å²) in [4.78, 5) is 14.8. The number of benzene rings is 1. The monoisotopic (exact) mass is 377 g/mol. The minimum Gasteiger partial charge on any atom is -0.497 e. The zero-order valence-corrected chi connectivity index (χ0v) is 14.7. The highest BCUT2D eigenvalue weighted by Crippen LogP contribution is 2.32. The standard InChI is InChI=1S/C18H20BrNO3/c1-22-14-8-6-13(7-9-14)15-5-3-2-4-12-20(15)18(21)16-10-11-17(19)23-16/h6-11,15H,2-5,12H2,1H3. The van der Waals surface area contributed by atoms with Crippen LogP contribution in [0.5, 0.6) is 5.75 Å². The summed E-state index contributed by atoms with van der Waals surface area (Å²) in [5, 5.41) is 0. The van der Waals surface area contributed by atoms with E-state index in [1.807, 2.05) is 29.2 Å². The van der Waals surface area contributed by atoms with Crippen molar-refractivity contribution < 1.29 is 13.9 Å². The number of carbonyl (C=O) groups is 1. The molecule has 1 unspecified atom stereocenters. The molecule has 2 heterocycles. The summed E-state index contributed by atoms with van der Waals surface area (Å²) in [5.74, 6) is 1.17. The second-order valence-electron chi connectivity index (χ2n) is 5.74. The highest BCUT2D eigenvalue weighted by Gasteiger charge is 2.29. The van der Waals surface area contributed by atoms with Crippen molar-refractivity contribution in [3.63, 3.8) is 0 Å². The van der Waals surface area contributed by atoms with Gasteiger partial charge in [-0.1, -0.05) is 25.0 Å². The third kappa shape index (κ3) is 3.61. The lowest BCUT2D eigenvalue weighted by Crippen LogP contribution is -2.34. The highest BCUT2D eigenvalue weighted by molar-refractivity contribution is 9.10. The molecular weight excluding hydrogens is 358 g/mol. The maximum Gasteiger partial charge on any atom is 0.290 e. The minimum absolute atomic E-state index is 0.0431. The first-order chi connectivity index (χ1) is 11.2. The lowest BCUT2D eigenvalue weighted by atomic mass is 10.0. The van der Waals surface area contributed by atoms with Gasteiger partial charge in [0.15, 0.2) is 10.4 Å². The summed E-state index contributed by atoms with van der Waals surface area (Å²) in [6, 6.07) is 11.6. The van der Waals surface area contributed by atoms with Crippen LogP contribution in [0, 0.1) is 0 Å². The van der Waals surface area contributed by atoms with Crippen LogP contribution in [0.4, 0.5) is 0 Å². The fourth-order valence-electron chi connectivity index (χ4n) is 3.09. The van der Waals surface area contributed by atoms with E-state index in [-0.39, 0.29) is 11.9 Å².